The molecule has 1 aromatic heterocycles. The summed E-state index contributed by atoms with van der Waals surface area (Å²) in [5, 5.41) is 4.36. The molecule has 0 amide bonds. The molecular formula is C14H23N3OS. The number of aromatic nitrogens is 2. The molecule has 19 heavy (non-hydrogen) atoms. The Labute approximate surface area is 120 Å². The molecule has 0 saturated heterocycles. The Morgan fingerprint density at radius 2 is 2.26 bits per heavy atom. The van der Waals surface area contributed by atoms with Gasteiger partial charge in [0.2, 0.25) is 5.88 Å². The second kappa shape index (κ2) is 5.90. The molecule has 0 bridgehead atoms. The van der Waals surface area contributed by atoms with Gasteiger partial charge in [0.25, 0.3) is 0 Å². The maximum Gasteiger partial charge on any atom is 0.222 e. The van der Waals surface area contributed by atoms with Crippen LogP contribution < -0.4 is 10.5 Å². The van der Waals surface area contributed by atoms with Gasteiger partial charge in [0.1, 0.15) is 11.1 Å². The summed E-state index contributed by atoms with van der Waals surface area (Å²) in [5.41, 5.74) is 7.41. The number of nitrogens with two attached hydrogens (primary N) is 1. The van der Waals surface area contributed by atoms with E-state index in [9.17, 15) is 0 Å². The predicted molar refractivity (Wildman–Crippen MR) is 80.5 cm³/mol. The van der Waals surface area contributed by atoms with Crippen LogP contribution in [0.15, 0.2) is 0 Å². The van der Waals surface area contributed by atoms with Gasteiger partial charge in [-0.3, -0.25) is 0 Å². The van der Waals surface area contributed by atoms with E-state index in [1.54, 1.807) is 4.68 Å². The molecule has 106 valence electrons. The van der Waals surface area contributed by atoms with Crippen LogP contribution in [0.4, 0.5) is 0 Å². The number of nitrogens with zero attached hydrogens (tertiary/aromatic N) is 2. The molecule has 2 rings (SSSR count). The van der Waals surface area contributed by atoms with Gasteiger partial charge in [-0.1, -0.05) is 32.0 Å². The highest BCUT2D eigenvalue weighted by Crippen LogP contribution is 2.31. The number of hydrogen-bond donors (Lipinski definition) is 1. The summed E-state index contributed by atoms with van der Waals surface area (Å²) in [6.07, 6.45) is 6.29. The lowest BCUT2D eigenvalue weighted by Crippen LogP contribution is -2.27. The molecule has 2 N–H and O–H groups in total. The first-order valence-corrected chi connectivity index (χ1v) is 7.43. The fourth-order valence-corrected chi connectivity index (χ4v) is 3.17. The molecule has 1 heterocycles. The van der Waals surface area contributed by atoms with Gasteiger partial charge >= 0.3 is 0 Å². The van der Waals surface area contributed by atoms with E-state index < -0.39 is 0 Å². The van der Waals surface area contributed by atoms with Crippen molar-refractivity contribution in [2.24, 2.45) is 18.7 Å². The minimum Gasteiger partial charge on any atom is -0.474 e. The molecule has 1 saturated carbocycles. The van der Waals surface area contributed by atoms with Crippen molar-refractivity contribution in [2.45, 2.75) is 52.1 Å². The average Bonchev–Trinajstić information content (AvgIpc) is 2.64. The lowest BCUT2D eigenvalue weighted by atomic mass is 9.85. The second-order valence-electron chi connectivity index (χ2n) is 5.43. The summed E-state index contributed by atoms with van der Waals surface area (Å²) in [6.45, 7) is 4.17. The number of ether oxygens (including phenoxy) is 1. The fourth-order valence-electron chi connectivity index (χ4n) is 2.93. The van der Waals surface area contributed by atoms with Gasteiger partial charge in [-0.25, -0.2) is 4.68 Å². The SMILES string of the molecule is CCC1CCCC(Oc2c(C(N)=S)c(C)nn2C)C1. The molecule has 1 fully saturated rings. The Bertz CT molecular complexity index is 470. The minimum absolute atomic E-state index is 0.265. The molecule has 0 aromatic carbocycles. The largest absolute Gasteiger partial charge is 0.474 e. The zero-order chi connectivity index (χ0) is 14.0. The number of aryl methyl sites for hydroxylation is 2. The third-order valence-corrected chi connectivity index (χ3v) is 4.21. The first-order valence-electron chi connectivity index (χ1n) is 7.03. The van der Waals surface area contributed by atoms with Crippen molar-refractivity contribution in [1.82, 2.24) is 9.78 Å². The predicted octanol–water partition coefficient (Wildman–Crippen LogP) is 2.71. The van der Waals surface area contributed by atoms with Crippen LogP contribution in [0.1, 0.15) is 50.3 Å². The van der Waals surface area contributed by atoms with Crippen molar-refractivity contribution in [1.29, 1.82) is 0 Å². The van der Waals surface area contributed by atoms with Crippen LogP contribution in [0.5, 0.6) is 5.88 Å². The van der Waals surface area contributed by atoms with E-state index in [4.69, 9.17) is 22.7 Å². The van der Waals surface area contributed by atoms with E-state index in [1.165, 1.54) is 19.3 Å². The highest BCUT2D eigenvalue weighted by atomic mass is 32.1. The van der Waals surface area contributed by atoms with Gasteiger partial charge in [0.05, 0.1) is 11.3 Å². The molecule has 5 heteroatoms. The lowest BCUT2D eigenvalue weighted by Gasteiger charge is -2.29. The highest BCUT2D eigenvalue weighted by Gasteiger charge is 2.25. The maximum absolute atomic E-state index is 6.16. The molecule has 2 unspecified atom stereocenters. The lowest BCUT2D eigenvalue weighted by molar-refractivity contribution is 0.112. The molecule has 1 aliphatic rings. The molecule has 1 aromatic rings. The van der Waals surface area contributed by atoms with E-state index in [2.05, 4.69) is 12.0 Å². The summed E-state index contributed by atoms with van der Waals surface area (Å²) in [6, 6.07) is 0. The molecule has 2 atom stereocenters. The molecule has 1 aliphatic carbocycles. The van der Waals surface area contributed by atoms with Crippen molar-refractivity contribution in [2.75, 3.05) is 0 Å². The third-order valence-electron chi connectivity index (χ3n) is 4.01. The van der Waals surface area contributed by atoms with Crippen LogP contribution in [0.25, 0.3) is 0 Å². The molecule has 0 aliphatic heterocycles. The second-order valence-corrected chi connectivity index (χ2v) is 5.87. The van der Waals surface area contributed by atoms with Crippen molar-refractivity contribution in [3.05, 3.63) is 11.3 Å². The van der Waals surface area contributed by atoms with Crippen LogP contribution in [0.2, 0.25) is 0 Å². The Morgan fingerprint density at radius 3 is 2.89 bits per heavy atom. The van der Waals surface area contributed by atoms with Gasteiger partial charge in [0.15, 0.2) is 0 Å². The van der Waals surface area contributed by atoms with E-state index in [0.29, 0.717) is 4.99 Å². The van der Waals surface area contributed by atoms with Crippen molar-refractivity contribution >= 4 is 17.2 Å². The van der Waals surface area contributed by atoms with Crippen LogP contribution in [0.3, 0.4) is 0 Å². The molecule has 0 spiro atoms. The van der Waals surface area contributed by atoms with E-state index >= 15 is 0 Å². The molecular weight excluding hydrogens is 258 g/mol. The summed E-state index contributed by atoms with van der Waals surface area (Å²) in [7, 11) is 1.88. The topological polar surface area (TPSA) is 53.1 Å². The zero-order valence-electron chi connectivity index (χ0n) is 12.0. The quantitative estimate of drug-likeness (QED) is 0.862. The van der Waals surface area contributed by atoms with Gasteiger partial charge in [-0.05, 0) is 32.1 Å². The Morgan fingerprint density at radius 1 is 1.53 bits per heavy atom. The van der Waals surface area contributed by atoms with Crippen molar-refractivity contribution in [3.63, 3.8) is 0 Å². The summed E-state index contributed by atoms with van der Waals surface area (Å²) in [5.74, 6) is 1.51. The zero-order valence-corrected chi connectivity index (χ0v) is 12.8. The molecule has 0 radical (unpaired) electrons. The number of rotatable bonds is 4. The van der Waals surface area contributed by atoms with Crippen LogP contribution in [-0.4, -0.2) is 20.9 Å². The first kappa shape index (κ1) is 14.3. The Balaban J connectivity index is 2.16. The number of thiocarbonyl (C=S) groups is 1. The fraction of sp³-hybridized carbons (Fsp3) is 0.714. The van der Waals surface area contributed by atoms with Gasteiger partial charge in [-0.15, -0.1) is 0 Å². The van der Waals surface area contributed by atoms with Crippen LogP contribution in [-0.2, 0) is 7.05 Å². The van der Waals surface area contributed by atoms with E-state index in [-0.39, 0.29) is 6.10 Å². The highest BCUT2D eigenvalue weighted by molar-refractivity contribution is 7.80. The van der Waals surface area contributed by atoms with Crippen molar-refractivity contribution < 1.29 is 4.74 Å². The standard InChI is InChI=1S/C14H23N3OS/c1-4-10-6-5-7-11(8-10)18-14-12(13(15)19)9(2)16-17(14)3/h10-11H,4-8H2,1-3H3,(H2,15,19). The Hall–Kier alpha value is -1.10. The van der Waals surface area contributed by atoms with Gasteiger partial charge < -0.3 is 10.5 Å². The van der Waals surface area contributed by atoms with Crippen LogP contribution >= 0.6 is 12.2 Å². The summed E-state index contributed by atoms with van der Waals surface area (Å²) in [4.78, 5) is 0.364. The number of hydrogen-bond acceptors (Lipinski definition) is 3. The molecule has 4 nitrogen and oxygen atoms in total. The summed E-state index contributed by atoms with van der Waals surface area (Å²) >= 11 is 5.11. The summed E-state index contributed by atoms with van der Waals surface area (Å²) < 4.78 is 7.91. The first-order chi connectivity index (χ1) is 9.02. The van der Waals surface area contributed by atoms with Crippen molar-refractivity contribution in [3.8, 4) is 5.88 Å². The minimum atomic E-state index is 0.265. The van der Waals surface area contributed by atoms with Crippen LogP contribution in [0, 0.1) is 12.8 Å². The third kappa shape index (κ3) is 3.08. The Kier molecular flexibility index (Phi) is 4.45. The average molecular weight is 281 g/mol. The normalized spacial score (nSPS) is 23.3. The van der Waals surface area contributed by atoms with Gasteiger partial charge in [-0.2, -0.15) is 5.10 Å². The van der Waals surface area contributed by atoms with Gasteiger partial charge in [0, 0.05) is 7.05 Å². The van der Waals surface area contributed by atoms with E-state index in [0.717, 1.165) is 35.9 Å². The maximum atomic E-state index is 6.16. The monoisotopic (exact) mass is 281 g/mol. The van der Waals surface area contributed by atoms with E-state index in [1.807, 2.05) is 14.0 Å². The smallest absolute Gasteiger partial charge is 0.222 e.